The lowest BCUT2D eigenvalue weighted by atomic mass is 9.89. The highest BCUT2D eigenvalue weighted by Gasteiger charge is 2.77. The highest BCUT2D eigenvalue weighted by Crippen LogP contribution is 2.69. The third kappa shape index (κ3) is 5.24. The maximum atomic E-state index is 17.2. The van der Waals surface area contributed by atoms with Crippen LogP contribution in [0.5, 0.6) is 11.8 Å². The molecule has 0 radical (unpaired) electrons. The van der Waals surface area contributed by atoms with E-state index in [1.165, 1.54) is 36.4 Å². The Labute approximate surface area is 301 Å². The fourth-order valence-electron chi connectivity index (χ4n) is 9.50. The van der Waals surface area contributed by atoms with E-state index in [1.807, 2.05) is 4.90 Å². The molecule has 2 aromatic carbocycles. The maximum absolute atomic E-state index is 17.2. The van der Waals surface area contributed by atoms with Crippen LogP contribution in [0.15, 0.2) is 30.5 Å². The topological polar surface area (TPSA) is 113 Å². The van der Waals surface area contributed by atoms with Gasteiger partial charge in [0.2, 0.25) is 0 Å². The first-order valence-electron chi connectivity index (χ1n) is 17.7. The Kier molecular flexibility index (Phi) is 7.69. The molecule has 276 valence electrons. The Hall–Kier alpha value is -4.94. The van der Waals surface area contributed by atoms with Crippen molar-refractivity contribution >= 4 is 33.6 Å². The number of piperazine rings is 1. The van der Waals surface area contributed by atoms with Gasteiger partial charge in [-0.15, -0.1) is 6.42 Å². The van der Waals surface area contributed by atoms with Gasteiger partial charge >= 0.3 is 12.1 Å². The summed E-state index contributed by atoms with van der Waals surface area (Å²) in [4.78, 5) is 31.4. The molecule has 4 aliphatic heterocycles. The fraction of sp³-hybridized carbons (Fsp3) is 0.474. The van der Waals surface area contributed by atoms with Gasteiger partial charge in [-0.2, -0.15) is 9.97 Å². The summed E-state index contributed by atoms with van der Waals surface area (Å²) in [6.07, 6.45) is 9.22. The van der Waals surface area contributed by atoms with Gasteiger partial charge in [-0.3, -0.25) is 14.8 Å². The molecule has 6 heterocycles. The number of hydrogen-bond acceptors (Lipinski definition) is 9. The number of rotatable bonds is 8. The third-order valence-corrected chi connectivity index (χ3v) is 12.0. The van der Waals surface area contributed by atoms with Crippen LogP contribution >= 0.6 is 0 Å². The number of ether oxygens (including phenoxy) is 3. The summed E-state index contributed by atoms with van der Waals surface area (Å²) >= 11 is 0. The normalized spacial score (nSPS) is 27.1. The van der Waals surface area contributed by atoms with Crippen LogP contribution in [0, 0.1) is 29.4 Å². The molecule has 2 aromatic heterocycles. The lowest BCUT2D eigenvalue weighted by Gasteiger charge is -2.40. The fourth-order valence-corrected chi connectivity index (χ4v) is 9.50. The SMILES string of the molecule is C#Cc1c(F)ccc2cc(OCOC)cc(-c3ncc4c(N5C[C@H]6CC[C@@H](C5)N6C(=O)O)nc(OC[C@@]56CCCN5C[C@]5(CC5(F)F)C6)nc4c3F)c12. The smallest absolute Gasteiger partial charge is 0.407 e. The molecule has 11 nitrogen and oxygen atoms in total. The largest absolute Gasteiger partial charge is 0.468 e. The third-order valence-electron chi connectivity index (χ3n) is 12.0. The molecule has 1 saturated carbocycles. The van der Waals surface area contributed by atoms with Crippen molar-refractivity contribution in [3.63, 3.8) is 0 Å². The van der Waals surface area contributed by atoms with E-state index in [4.69, 9.17) is 25.6 Å². The zero-order chi connectivity index (χ0) is 36.9. The number of terminal acetylenes is 1. The number of hydrogen-bond donors (Lipinski definition) is 1. The molecule has 1 spiro atoms. The number of anilines is 1. The zero-order valence-electron chi connectivity index (χ0n) is 28.9. The minimum absolute atomic E-state index is 0.0434. The van der Waals surface area contributed by atoms with Crippen molar-refractivity contribution in [2.24, 2.45) is 5.41 Å². The van der Waals surface area contributed by atoms with Crippen LogP contribution < -0.4 is 14.4 Å². The van der Waals surface area contributed by atoms with E-state index >= 15 is 8.78 Å². The number of aromatic nitrogens is 3. The summed E-state index contributed by atoms with van der Waals surface area (Å²) in [5.41, 5.74) is -1.89. The number of nitrogens with zero attached hydrogens (tertiary/aromatic N) is 6. The molecule has 0 unspecified atom stereocenters. The quantitative estimate of drug-likeness (QED) is 0.130. The van der Waals surface area contributed by atoms with Crippen molar-refractivity contribution in [2.45, 2.75) is 62.1 Å². The second kappa shape index (κ2) is 12.0. The Balaban J connectivity index is 1.17. The summed E-state index contributed by atoms with van der Waals surface area (Å²) < 4.78 is 78.5. The van der Waals surface area contributed by atoms with Gasteiger partial charge in [0.15, 0.2) is 12.6 Å². The summed E-state index contributed by atoms with van der Waals surface area (Å²) in [6.45, 7) is 1.54. The first-order chi connectivity index (χ1) is 25.5. The Morgan fingerprint density at radius 1 is 1.11 bits per heavy atom. The predicted octanol–water partition coefficient (Wildman–Crippen LogP) is 6.06. The molecule has 4 atom stereocenters. The van der Waals surface area contributed by atoms with Gasteiger partial charge < -0.3 is 24.2 Å². The Bertz CT molecular complexity index is 2220. The lowest BCUT2D eigenvalue weighted by molar-refractivity contribution is 0.0512. The van der Waals surface area contributed by atoms with Crippen LogP contribution in [0.2, 0.25) is 0 Å². The predicted molar refractivity (Wildman–Crippen MR) is 185 cm³/mol. The molecule has 1 amide bonds. The van der Waals surface area contributed by atoms with Gasteiger partial charge in [0.05, 0.1) is 34.0 Å². The average Bonchev–Trinajstić information content (AvgIpc) is 3.41. The zero-order valence-corrected chi connectivity index (χ0v) is 28.9. The molecule has 1 N–H and O–H groups in total. The van der Waals surface area contributed by atoms with Crippen LogP contribution in [-0.4, -0.2) is 106 Å². The van der Waals surface area contributed by atoms with Crippen molar-refractivity contribution < 1.29 is 41.7 Å². The van der Waals surface area contributed by atoms with Gasteiger partial charge in [0, 0.05) is 50.3 Å². The molecule has 5 fully saturated rings. The van der Waals surface area contributed by atoms with E-state index in [0.717, 1.165) is 6.42 Å². The van der Waals surface area contributed by atoms with Crippen molar-refractivity contribution in [3.05, 3.63) is 47.7 Å². The first-order valence-corrected chi connectivity index (χ1v) is 17.7. The van der Waals surface area contributed by atoms with E-state index in [9.17, 15) is 18.7 Å². The van der Waals surface area contributed by atoms with E-state index in [0.29, 0.717) is 68.8 Å². The Morgan fingerprint density at radius 2 is 1.89 bits per heavy atom. The second-order valence-electron chi connectivity index (χ2n) is 15.1. The highest BCUT2D eigenvalue weighted by atomic mass is 19.3. The van der Waals surface area contributed by atoms with Crippen molar-refractivity contribution in [1.82, 2.24) is 24.8 Å². The van der Waals surface area contributed by atoms with Crippen molar-refractivity contribution in [1.29, 1.82) is 0 Å². The van der Waals surface area contributed by atoms with Crippen molar-refractivity contribution in [2.75, 3.05) is 51.6 Å². The molecular weight excluding hydrogens is 696 g/mol. The monoisotopic (exact) mass is 732 g/mol. The molecule has 53 heavy (non-hydrogen) atoms. The van der Waals surface area contributed by atoms with Gasteiger partial charge in [-0.05, 0) is 62.2 Å². The molecule has 1 aliphatic carbocycles. The van der Waals surface area contributed by atoms with Crippen LogP contribution in [0.25, 0.3) is 32.9 Å². The molecule has 4 aromatic rings. The molecule has 15 heteroatoms. The second-order valence-corrected chi connectivity index (χ2v) is 15.1. The van der Waals surface area contributed by atoms with Gasteiger partial charge in [-0.25, -0.2) is 22.4 Å². The lowest BCUT2D eigenvalue weighted by Crippen LogP contribution is -2.55. The van der Waals surface area contributed by atoms with E-state index in [-0.39, 0.29) is 71.0 Å². The number of pyridine rings is 1. The van der Waals surface area contributed by atoms with Crippen LogP contribution in [0.3, 0.4) is 0 Å². The Morgan fingerprint density at radius 3 is 2.58 bits per heavy atom. The number of amides is 1. The van der Waals surface area contributed by atoms with Gasteiger partial charge in [0.25, 0.3) is 5.92 Å². The van der Waals surface area contributed by atoms with Crippen molar-refractivity contribution in [3.8, 4) is 35.4 Å². The molecule has 4 saturated heterocycles. The van der Waals surface area contributed by atoms with Gasteiger partial charge in [0.1, 0.15) is 35.2 Å². The van der Waals surface area contributed by atoms with Gasteiger partial charge in [-0.1, -0.05) is 12.0 Å². The molecule has 2 bridgehead atoms. The number of halogens is 4. The number of carbonyl (C=O) groups is 1. The van der Waals surface area contributed by atoms with Crippen LogP contribution in [0.4, 0.5) is 28.2 Å². The number of fused-ring (bicyclic) bond motifs is 5. The van der Waals surface area contributed by atoms with E-state index in [2.05, 4.69) is 20.8 Å². The van der Waals surface area contributed by atoms with Crippen LogP contribution in [-0.2, 0) is 4.74 Å². The first kappa shape index (κ1) is 33.9. The van der Waals surface area contributed by atoms with E-state index < -0.39 is 34.6 Å². The minimum Gasteiger partial charge on any atom is -0.468 e. The number of alkyl halides is 2. The summed E-state index contributed by atoms with van der Waals surface area (Å²) in [5, 5.41) is 10.9. The summed E-state index contributed by atoms with van der Waals surface area (Å²) in [7, 11) is 1.46. The molecule has 5 aliphatic rings. The molecular formula is C38H36F4N6O5. The van der Waals surface area contributed by atoms with E-state index in [1.54, 1.807) is 6.07 Å². The minimum atomic E-state index is -2.71. The molecule has 9 rings (SSSR count). The average molecular weight is 733 g/mol. The number of benzene rings is 2. The standard InChI is InChI=1S/C38H36F4N6O5/c1-3-25-28(39)8-5-21-11-24(53-20-51-2)12-26(29(21)25)31-30(40)32-27(13-43-31)33(46-14-22-6-7-23(15-46)48(22)35(49)50)45-34(44-32)52-19-37-9-4-10-47(37)18-36(16-37)17-38(36,41)42/h1,5,8,11-13,22-23H,4,6-7,9-10,14-20H2,2H3,(H,49,50)/t22-,23+,36-,37+/m1/s1. The van der Waals surface area contributed by atoms with Crippen LogP contribution in [0.1, 0.15) is 44.1 Å². The highest BCUT2D eigenvalue weighted by molar-refractivity contribution is 6.03. The summed E-state index contributed by atoms with van der Waals surface area (Å²) in [5.74, 6) is -1.21. The maximum Gasteiger partial charge on any atom is 0.407 e. The summed E-state index contributed by atoms with van der Waals surface area (Å²) in [6, 6.07) is 5.17. The number of carboxylic acid groups (broad SMARTS) is 1. The number of methoxy groups -OCH3 is 1.